The van der Waals surface area contributed by atoms with Crippen LogP contribution in [0.1, 0.15) is 37.0 Å². The van der Waals surface area contributed by atoms with E-state index in [9.17, 15) is 13.0 Å². The molecule has 0 unspecified atom stereocenters. The van der Waals surface area contributed by atoms with E-state index in [1.807, 2.05) is 67.6 Å². The molecule has 1 atom stereocenters. The van der Waals surface area contributed by atoms with Crippen LogP contribution in [0.5, 0.6) is 0 Å². The summed E-state index contributed by atoms with van der Waals surface area (Å²) < 4.78 is 53.2. The Morgan fingerprint density at radius 1 is 0.788 bits per heavy atom. The van der Waals surface area contributed by atoms with Gasteiger partial charge in [-0.05, 0) is 50.5 Å². The lowest BCUT2D eigenvalue weighted by Gasteiger charge is -2.32. The number of sulfone groups is 1. The van der Waals surface area contributed by atoms with Crippen molar-refractivity contribution in [3.05, 3.63) is 102 Å². The molecule has 1 aliphatic carbocycles. The normalized spacial score (nSPS) is 19.8. The largest absolute Gasteiger partial charge is 0.353 e. The highest BCUT2D eigenvalue weighted by Crippen LogP contribution is 2.84. The Balaban J connectivity index is 2.08. The highest BCUT2D eigenvalue weighted by Gasteiger charge is 2.85. The van der Waals surface area contributed by atoms with E-state index in [1.54, 1.807) is 38.1 Å². The van der Waals surface area contributed by atoms with Gasteiger partial charge in [-0.2, -0.15) is 0 Å². The molecule has 3 aromatic rings. The van der Waals surface area contributed by atoms with Crippen LogP contribution in [0.3, 0.4) is 0 Å². The molecule has 0 saturated heterocycles. The molecule has 0 spiro atoms. The Hall–Kier alpha value is -2.24. The molecule has 0 amide bonds. The van der Waals surface area contributed by atoms with Gasteiger partial charge >= 0.3 is 7.60 Å². The molecule has 0 aromatic heterocycles. The maximum Gasteiger partial charge on any atom is 0.353 e. The number of aryl methyl sites for hydroxylation is 1. The second-order valence-corrected chi connectivity index (χ2v) is 13.0. The van der Waals surface area contributed by atoms with Crippen molar-refractivity contribution in [2.24, 2.45) is 0 Å². The molecule has 174 valence electrons. The van der Waals surface area contributed by atoms with Crippen molar-refractivity contribution in [3.63, 3.8) is 0 Å². The van der Waals surface area contributed by atoms with Crippen LogP contribution >= 0.6 is 7.60 Å². The lowest BCUT2D eigenvalue weighted by atomic mass is 9.88. The van der Waals surface area contributed by atoms with Gasteiger partial charge in [0.1, 0.15) is 0 Å². The van der Waals surface area contributed by atoms with Gasteiger partial charge in [0, 0.05) is 0 Å². The summed E-state index contributed by atoms with van der Waals surface area (Å²) in [6, 6.07) is 25.5. The standard InChI is InChI=1S/C26H29O5PS/c1-4-30-32(27,31-5-2)26(33(28,29)24-18-16-21(3)17-19-24)20-25(26,22-12-8-6-9-13-22)23-14-10-7-11-15-23/h6-19H,4-5,20H2,1-3H3/t26-/m0/s1. The van der Waals surface area contributed by atoms with Crippen LogP contribution in [-0.2, 0) is 28.9 Å². The van der Waals surface area contributed by atoms with Crippen LogP contribution in [0.2, 0.25) is 0 Å². The van der Waals surface area contributed by atoms with Crippen LogP contribution in [-0.4, -0.2) is 26.1 Å². The topological polar surface area (TPSA) is 69.7 Å². The summed E-state index contributed by atoms with van der Waals surface area (Å²) >= 11 is 0. The Morgan fingerprint density at radius 2 is 1.24 bits per heavy atom. The Labute approximate surface area is 196 Å². The number of benzene rings is 3. The van der Waals surface area contributed by atoms with Gasteiger partial charge in [0.2, 0.25) is 0 Å². The molecule has 7 heteroatoms. The van der Waals surface area contributed by atoms with E-state index in [-0.39, 0.29) is 24.5 Å². The third-order valence-corrected chi connectivity index (χ3v) is 12.7. The van der Waals surface area contributed by atoms with Gasteiger partial charge in [-0.25, -0.2) is 8.42 Å². The molecule has 5 nitrogen and oxygen atoms in total. The number of rotatable bonds is 9. The smallest absolute Gasteiger partial charge is 0.308 e. The fourth-order valence-corrected chi connectivity index (χ4v) is 11.0. The van der Waals surface area contributed by atoms with E-state index in [0.29, 0.717) is 0 Å². The maximum absolute atomic E-state index is 14.5. The second kappa shape index (κ2) is 8.84. The average molecular weight is 485 g/mol. The van der Waals surface area contributed by atoms with Crippen molar-refractivity contribution < 1.29 is 22.0 Å². The minimum atomic E-state index is -4.16. The Bertz CT molecular complexity index is 1210. The first-order valence-corrected chi connectivity index (χ1v) is 14.1. The van der Waals surface area contributed by atoms with E-state index in [4.69, 9.17) is 9.05 Å². The fourth-order valence-electron chi connectivity index (χ4n) is 4.88. The third-order valence-electron chi connectivity index (χ3n) is 6.40. The molecule has 0 bridgehead atoms. The summed E-state index contributed by atoms with van der Waals surface area (Å²) in [5, 5.41) is 0. The highest BCUT2D eigenvalue weighted by molar-refractivity contribution is 8.00. The fraction of sp³-hybridized carbons (Fsp3) is 0.308. The van der Waals surface area contributed by atoms with E-state index < -0.39 is 27.3 Å². The molecule has 3 aromatic carbocycles. The summed E-state index contributed by atoms with van der Waals surface area (Å²) in [5.41, 5.74) is 1.39. The maximum atomic E-state index is 14.5. The lowest BCUT2D eigenvalue weighted by Crippen LogP contribution is -2.35. The Morgan fingerprint density at radius 3 is 1.67 bits per heavy atom. The molecule has 1 saturated carbocycles. The predicted octanol–water partition coefficient (Wildman–Crippen LogP) is 6.12. The van der Waals surface area contributed by atoms with Gasteiger partial charge in [0.25, 0.3) is 0 Å². The van der Waals surface area contributed by atoms with Crippen LogP contribution < -0.4 is 0 Å². The first-order valence-electron chi connectivity index (χ1n) is 11.1. The molecule has 0 N–H and O–H groups in total. The third kappa shape index (κ3) is 3.52. The van der Waals surface area contributed by atoms with Crippen molar-refractivity contribution >= 4 is 17.4 Å². The molecule has 0 aliphatic heterocycles. The zero-order valence-corrected chi connectivity index (χ0v) is 20.8. The lowest BCUT2D eigenvalue weighted by molar-refractivity contribution is 0.214. The molecule has 4 rings (SSSR count). The predicted molar refractivity (Wildman–Crippen MR) is 130 cm³/mol. The van der Waals surface area contributed by atoms with Gasteiger partial charge in [-0.15, -0.1) is 0 Å². The van der Waals surface area contributed by atoms with E-state index in [0.717, 1.165) is 16.7 Å². The van der Waals surface area contributed by atoms with E-state index in [1.165, 1.54) is 0 Å². The molecular weight excluding hydrogens is 455 g/mol. The van der Waals surface area contributed by atoms with Crippen LogP contribution in [0, 0.1) is 6.92 Å². The summed E-state index contributed by atoms with van der Waals surface area (Å²) in [5.74, 6) is 0. The molecule has 1 aliphatic rings. The van der Waals surface area contributed by atoms with Crippen molar-refractivity contribution in [2.45, 2.75) is 42.0 Å². The number of hydrogen-bond donors (Lipinski definition) is 0. The summed E-state index contributed by atoms with van der Waals surface area (Å²) in [6.07, 6.45) is 0.0987. The molecule has 0 heterocycles. The van der Waals surface area contributed by atoms with Crippen molar-refractivity contribution in [2.75, 3.05) is 13.2 Å². The van der Waals surface area contributed by atoms with Crippen molar-refractivity contribution in [1.82, 2.24) is 0 Å². The van der Waals surface area contributed by atoms with Crippen molar-refractivity contribution in [1.29, 1.82) is 0 Å². The first kappa shape index (κ1) is 23.9. The van der Waals surface area contributed by atoms with E-state index >= 15 is 0 Å². The molecular formula is C26H29O5PS. The van der Waals surface area contributed by atoms with Gasteiger partial charge in [0.05, 0.1) is 23.5 Å². The zero-order valence-electron chi connectivity index (χ0n) is 19.1. The van der Waals surface area contributed by atoms with E-state index in [2.05, 4.69) is 0 Å². The van der Waals surface area contributed by atoms with Gasteiger partial charge in [-0.3, -0.25) is 4.57 Å². The SMILES string of the molecule is CCOP(=O)(OCC)[C@]1(S(=O)(=O)c2ccc(C)cc2)CC1(c1ccccc1)c1ccccc1. The highest BCUT2D eigenvalue weighted by atomic mass is 32.2. The van der Waals surface area contributed by atoms with Crippen molar-refractivity contribution in [3.8, 4) is 0 Å². The van der Waals surface area contributed by atoms with Gasteiger partial charge in [-0.1, -0.05) is 78.4 Å². The van der Waals surface area contributed by atoms with Crippen LogP contribution in [0.15, 0.2) is 89.8 Å². The van der Waals surface area contributed by atoms with Crippen LogP contribution in [0.4, 0.5) is 0 Å². The summed E-state index contributed by atoms with van der Waals surface area (Å²) in [6.45, 7) is 5.44. The average Bonchev–Trinajstić information content (AvgIpc) is 3.55. The van der Waals surface area contributed by atoms with Gasteiger partial charge < -0.3 is 9.05 Å². The van der Waals surface area contributed by atoms with Crippen LogP contribution in [0.25, 0.3) is 0 Å². The zero-order chi connectivity index (χ0) is 23.7. The first-order chi connectivity index (χ1) is 15.8. The second-order valence-electron chi connectivity index (χ2n) is 8.25. The molecule has 0 radical (unpaired) electrons. The summed E-state index contributed by atoms with van der Waals surface area (Å²) in [4.78, 5) is 0.112. The summed E-state index contributed by atoms with van der Waals surface area (Å²) in [7, 11) is -8.31. The molecule has 1 fully saturated rings. The quantitative estimate of drug-likeness (QED) is 0.342. The Kier molecular flexibility index (Phi) is 6.41. The molecule has 33 heavy (non-hydrogen) atoms. The monoisotopic (exact) mass is 484 g/mol. The minimum absolute atomic E-state index is 0.0715. The minimum Gasteiger partial charge on any atom is -0.308 e. The van der Waals surface area contributed by atoms with Gasteiger partial charge in [0.15, 0.2) is 14.3 Å². The number of hydrogen-bond acceptors (Lipinski definition) is 5.